The molecule has 1 unspecified atom stereocenters. The van der Waals surface area contributed by atoms with Crippen LogP contribution in [0.3, 0.4) is 0 Å². The third-order valence-electron chi connectivity index (χ3n) is 3.02. The number of nitrogens with one attached hydrogen (secondary N) is 1. The van der Waals surface area contributed by atoms with E-state index < -0.39 is 0 Å². The Balaban J connectivity index is 1.82. The van der Waals surface area contributed by atoms with Crippen molar-refractivity contribution in [2.45, 2.75) is 39.2 Å². The van der Waals surface area contributed by atoms with Crippen molar-refractivity contribution in [2.24, 2.45) is 11.8 Å². The van der Waals surface area contributed by atoms with E-state index >= 15 is 0 Å². The van der Waals surface area contributed by atoms with Gasteiger partial charge in [0.2, 0.25) is 5.91 Å². The van der Waals surface area contributed by atoms with Crippen molar-refractivity contribution in [3.8, 4) is 0 Å². The molecule has 80 valence electrons. The Morgan fingerprint density at radius 2 is 2.21 bits per heavy atom. The number of carbonyl (C=O) groups is 1. The molecule has 1 amide bonds. The Morgan fingerprint density at radius 1 is 1.50 bits per heavy atom. The Labute approximate surface area is 85.8 Å². The predicted molar refractivity (Wildman–Crippen MR) is 55.7 cm³/mol. The Morgan fingerprint density at radius 3 is 2.79 bits per heavy atom. The molecule has 1 aliphatic carbocycles. The zero-order valence-electron chi connectivity index (χ0n) is 9.12. The maximum atomic E-state index is 11.9. The van der Waals surface area contributed by atoms with Gasteiger partial charge in [-0.1, -0.05) is 13.8 Å². The van der Waals surface area contributed by atoms with E-state index in [0.29, 0.717) is 11.8 Å². The van der Waals surface area contributed by atoms with Crippen LogP contribution in [0.15, 0.2) is 0 Å². The third-order valence-corrected chi connectivity index (χ3v) is 3.02. The summed E-state index contributed by atoms with van der Waals surface area (Å²) in [6, 6.07) is 0.0914. The van der Waals surface area contributed by atoms with E-state index in [2.05, 4.69) is 19.2 Å². The molecule has 1 aliphatic heterocycles. The largest absolute Gasteiger partial charge is 0.328 e. The van der Waals surface area contributed by atoms with Crippen LogP contribution in [0.25, 0.3) is 0 Å². The second-order valence-corrected chi connectivity index (χ2v) is 5.05. The highest BCUT2D eigenvalue weighted by atomic mass is 16.2. The van der Waals surface area contributed by atoms with E-state index in [0.717, 1.165) is 25.6 Å². The molecule has 1 atom stereocenters. The standard InChI is InChI=1S/C11H20N2O/c1-8(2)5-10-11(14)13(7-12-10)6-9-3-4-9/h8-10,12H,3-7H2,1-2H3. The fourth-order valence-corrected chi connectivity index (χ4v) is 2.03. The van der Waals surface area contributed by atoms with Gasteiger partial charge in [-0.15, -0.1) is 0 Å². The first kappa shape index (κ1) is 9.97. The zero-order chi connectivity index (χ0) is 10.1. The maximum Gasteiger partial charge on any atom is 0.240 e. The molecule has 0 radical (unpaired) electrons. The molecule has 14 heavy (non-hydrogen) atoms. The monoisotopic (exact) mass is 196 g/mol. The summed E-state index contributed by atoms with van der Waals surface area (Å²) in [5.41, 5.74) is 0. The van der Waals surface area contributed by atoms with E-state index in [-0.39, 0.29) is 6.04 Å². The zero-order valence-corrected chi connectivity index (χ0v) is 9.12. The molecule has 2 fully saturated rings. The molecule has 0 aromatic heterocycles. The van der Waals surface area contributed by atoms with Crippen LogP contribution in [0.4, 0.5) is 0 Å². The van der Waals surface area contributed by atoms with Crippen molar-refractivity contribution in [2.75, 3.05) is 13.2 Å². The summed E-state index contributed by atoms with van der Waals surface area (Å²) in [6.45, 7) is 6.09. The van der Waals surface area contributed by atoms with E-state index in [1.54, 1.807) is 0 Å². The van der Waals surface area contributed by atoms with Crippen LogP contribution in [0.5, 0.6) is 0 Å². The fourth-order valence-electron chi connectivity index (χ4n) is 2.03. The first-order valence-electron chi connectivity index (χ1n) is 5.69. The summed E-state index contributed by atoms with van der Waals surface area (Å²) >= 11 is 0. The summed E-state index contributed by atoms with van der Waals surface area (Å²) in [5, 5.41) is 3.30. The van der Waals surface area contributed by atoms with Gasteiger partial charge in [-0.05, 0) is 31.1 Å². The third kappa shape index (κ3) is 2.27. The molecular weight excluding hydrogens is 176 g/mol. The van der Waals surface area contributed by atoms with Gasteiger partial charge >= 0.3 is 0 Å². The van der Waals surface area contributed by atoms with E-state index in [1.807, 2.05) is 4.90 Å². The average molecular weight is 196 g/mol. The molecule has 2 aliphatic rings. The summed E-state index contributed by atoms with van der Waals surface area (Å²) < 4.78 is 0. The van der Waals surface area contributed by atoms with Gasteiger partial charge < -0.3 is 4.90 Å². The molecule has 1 saturated heterocycles. The lowest BCUT2D eigenvalue weighted by atomic mass is 10.0. The van der Waals surface area contributed by atoms with Crippen molar-refractivity contribution in [3.05, 3.63) is 0 Å². The van der Waals surface area contributed by atoms with E-state index in [1.165, 1.54) is 12.8 Å². The highest BCUT2D eigenvalue weighted by Crippen LogP contribution is 2.30. The first-order valence-corrected chi connectivity index (χ1v) is 5.69. The number of hydrogen-bond acceptors (Lipinski definition) is 2. The molecule has 1 heterocycles. The number of nitrogens with zero attached hydrogens (tertiary/aromatic N) is 1. The van der Waals surface area contributed by atoms with Crippen LogP contribution in [0.2, 0.25) is 0 Å². The molecular formula is C11H20N2O. The van der Waals surface area contributed by atoms with Crippen LogP contribution in [0.1, 0.15) is 33.1 Å². The fraction of sp³-hybridized carbons (Fsp3) is 0.909. The predicted octanol–water partition coefficient (Wildman–Crippen LogP) is 1.20. The van der Waals surface area contributed by atoms with Crippen LogP contribution in [-0.4, -0.2) is 30.1 Å². The van der Waals surface area contributed by atoms with Crippen LogP contribution >= 0.6 is 0 Å². The normalized spacial score (nSPS) is 27.8. The quantitative estimate of drug-likeness (QED) is 0.732. The van der Waals surface area contributed by atoms with Crippen molar-refractivity contribution < 1.29 is 4.79 Å². The Kier molecular flexibility index (Phi) is 2.77. The van der Waals surface area contributed by atoms with Gasteiger partial charge in [-0.3, -0.25) is 10.1 Å². The molecule has 2 rings (SSSR count). The lowest BCUT2D eigenvalue weighted by molar-refractivity contribution is -0.129. The summed E-state index contributed by atoms with van der Waals surface area (Å²) in [5.74, 6) is 1.72. The van der Waals surface area contributed by atoms with Gasteiger partial charge in [0.05, 0.1) is 12.7 Å². The lowest BCUT2D eigenvalue weighted by Crippen LogP contribution is -2.32. The van der Waals surface area contributed by atoms with Crippen LogP contribution in [-0.2, 0) is 4.79 Å². The van der Waals surface area contributed by atoms with Gasteiger partial charge in [-0.2, -0.15) is 0 Å². The SMILES string of the molecule is CC(C)CC1NCN(CC2CC2)C1=O. The summed E-state index contributed by atoms with van der Waals surface area (Å²) in [7, 11) is 0. The smallest absolute Gasteiger partial charge is 0.240 e. The van der Waals surface area contributed by atoms with Gasteiger partial charge in [0.15, 0.2) is 0 Å². The van der Waals surface area contributed by atoms with Crippen LogP contribution < -0.4 is 5.32 Å². The number of amides is 1. The number of hydrogen-bond donors (Lipinski definition) is 1. The minimum atomic E-state index is 0.0914. The molecule has 0 spiro atoms. The maximum absolute atomic E-state index is 11.9. The van der Waals surface area contributed by atoms with Gasteiger partial charge in [0.25, 0.3) is 0 Å². The van der Waals surface area contributed by atoms with Gasteiger partial charge in [-0.25, -0.2) is 0 Å². The number of rotatable bonds is 4. The number of carbonyl (C=O) groups excluding carboxylic acids is 1. The summed E-state index contributed by atoms with van der Waals surface area (Å²) in [6.07, 6.45) is 3.61. The van der Waals surface area contributed by atoms with Gasteiger partial charge in [0.1, 0.15) is 0 Å². The molecule has 0 aromatic carbocycles. The van der Waals surface area contributed by atoms with Crippen molar-refractivity contribution in [1.82, 2.24) is 10.2 Å². The minimum Gasteiger partial charge on any atom is -0.328 e. The molecule has 0 bridgehead atoms. The Hall–Kier alpha value is -0.570. The molecule has 1 N–H and O–H groups in total. The molecule has 1 saturated carbocycles. The van der Waals surface area contributed by atoms with Crippen molar-refractivity contribution >= 4 is 5.91 Å². The van der Waals surface area contributed by atoms with Gasteiger partial charge in [0, 0.05) is 6.54 Å². The second kappa shape index (κ2) is 3.89. The summed E-state index contributed by atoms with van der Waals surface area (Å²) in [4.78, 5) is 13.9. The topological polar surface area (TPSA) is 32.3 Å². The molecule has 3 heteroatoms. The highest BCUT2D eigenvalue weighted by molar-refractivity contribution is 5.83. The van der Waals surface area contributed by atoms with Crippen molar-refractivity contribution in [3.63, 3.8) is 0 Å². The van der Waals surface area contributed by atoms with E-state index in [9.17, 15) is 4.79 Å². The Bertz CT molecular complexity index is 209. The van der Waals surface area contributed by atoms with Crippen molar-refractivity contribution in [1.29, 1.82) is 0 Å². The van der Waals surface area contributed by atoms with Crippen LogP contribution in [0, 0.1) is 11.8 Å². The molecule has 0 aromatic rings. The minimum absolute atomic E-state index is 0.0914. The lowest BCUT2D eigenvalue weighted by Gasteiger charge is -2.15. The average Bonchev–Trinajstić information content (AvgIpc) is 2.86. The highest BCUT2D eigenvalue weighted by Gasteiger charge is 2.34. The van der Waals surface area contributed by atoms with E-state index in [4.69, 9.17) is 0 Å². The second-order valence-electron chi connectivity index (χ2n) is 5.05. The first-order chi connectivity index (χ1) is 6.66. The molecule has 3 nitrogen and oxygen atoms in total.